The Kier molecular flexibility index (Phi) is 5.73. The van der Waals surface area contributed by atoms with Crippen LogP contribution >= 0.6 is 0 Å². The highest BCUT2D eigenvalue weighted by Gasteiger charge is 2.41. The van der Waals surface area contributed by atoms with Gasteiger partial charge < -0.3 is 10.2 Å². The normalized spacial score (nSPS) is 24.9. The van der Waals surface area contributed by atoms with Crippen molar-refractivity contribution in [1.29, 1.82) is 0 Å². The minimum absolute atomic E-state index is 0.172. The van der Waals surface area contributed by atoms with E-state index in [-0.39, 0.29) is 13.0 Å². The van der Waals surface area contributed by atoms with E-state index in [1.54, 1.807) is 0 Å². The number of hydrogen-bond donors (Lipinski definition) is 1. The van der Waals surface area contributed by atoms with Gasteiger partial charge in [-0.05, 0) is 32.9 Å². The molecule has 2 atom stereocenters. The van der Waals surface area contributed by atoms with Gasteiger partial charge in [-0.2, -0.15) is 13.2 Å². The number of halogens is 3. The molecule has 17 heavy (non-hydrogen) atoms. The maximum absolute atomic E-state index is 12.6. The molecule has 1 rings (SSSR count). The summed E-state index contributed by atoms with van der Waals surface area (Å²) in [4.78, 5) is 1.96. The van der Waals surface area contributed by atoms with Crippen LogP contribution in [0.1, 0.15) is 32.6 Å². The van der Waals surface area contributed by atoms with Gasteiger partial charge in [0, 0.05) is 19.1 Å². The van der Waals surface area contributed by atoms with Crippen molar-refractivity contribution in [2.75, 3.05) is 26.7 Å². The van der Waals surface area contributed by atoms with Crippen molar-refractivity contribution in [2.45, 2.75) is 44.8 Å². The predicted octanol–water partition coefficient (Wildman–Crippen LogP) is 2.65. The molecular formula is C12H23F3N2. The second kappa shape index (κ2) is 6.59. The zero-order valence-corrected chi connectivity index (χ0v) is 10.7. The fraction of sp³-hybridized carbons (Fsp3) is 1.00. The van der Waals surface area contributed by atoms with Crippen LogP contribution in [0.5, 0.6) is 0 Å². The molecule has 0 bridgehead atoms. The number of nitrogens with one attached hydrogen (secondary N) is 1. The third kappa shape index (κ3) is 4.84. The van der Waals surface area contributed by atoms with Gasteiger partial charge in [-0.15, -0.1) is 0 Å². The molecule has 0 amide bonds. The zero-order valence-electron chi connectivity index (χ0n) is 10.7. The molecule has 0 aromatic heterocycles. The number of nitrogens with zero attached hydrogens (tertiary/aromatic N) is 1. The molecule has 5 heteroatoms. The van der Waals surface area contributed by atoms with Gasteiger partial charge in [0.25, 0.3) is 0 Å². The van der Waals surface area contributed by atoms with Gasteiger partial charge in [-0.3, -0.25) is 0 Å². The summed E-state index contributed by atoms with van der Waals surface area (Å²) in [5, 5.41) is 3.18. The molecule has 0 saturated carbocycles. The van der Waals surface area contributed by atoms with E-state index < -0.39 is 12.1 Å². The van der Waals surface area contributed by atoms with Crippen LogP contribution in [0.2, 0.25) is 0 Å². The van der Waals surface area contributed by atoms with Crippen LogP contribution in [-0.4, -0.2) is 43.8 Å². The third-order valence-electron chi connectivity index (χ3n) is 3.49. The lowest BCUT2D eigenvalue weighted by molar-refractivity contribution is -0.186. The number of piperidine rings is 1. The molecule has 2 nitrogen and oxygen atoms in total. The number of likely N-dealkylation sites (tertiary alicyclic amines) is 1. The van der Waals surface area contributed by atoms with Crippen LogP contribution in [0.15, 0.2) is 0 Å². The standard InChI is InChI=1S/C12H23F3N2/c1-3-5-11(16-2)9-17-7-4-6-10(8-17)12(13,14)15/h10-11,16H,3-9H2,1-2H3. The van der Waals surface area contributed by atoms with Crippen LogP contribution in [0.3, 0.4) is 0 Å². The Hall–Kier alpha value is -0.290. The van der Waals surface area contributed by atoms with E-state index in [1.165, 1.54) is 0 Å². The molecule has 102 valence electrons. The largest absolute Gasteiger partial charge is 0.393 e. The van der Waals surface area contributed by atoms with Gasteiger partial charge in [-0.1, -0.05) is 13.3 Å². The van der Waals surface area contributed by atoms with Crippen molar-refractivity contribution in [1.82, 2.24) is 10.2 Å². The topological polar surface area (TPSA) is 15.3 Å². The highest BCUT2D eigenvalue weighted by Crippen LogP contribution is 2.33. The quantitative estimate of drug-likeness (QED) is 0.809. The minimum atomic E-state index is -4.03. The summed E-state index contributed by atoms with van der Waals surface area (Å²) in [7, 11) is 1.88. The smallest absolute Gasteiger partial charge is 0.316 e. The van der Waals surface area contributed by atoms with Gasteiger partial charge >= 0.3 is 6.18 Å². The predicted molar refractivity (Wildman–Crippen MR) is 63.0 cm³/mol. The Bertz CT molecular complexity index is 218. The molecule has 0 aromatic rings. The molecule has 0 aromatic carbocycles. The van der Waals surface area contributed by atoms with Crippen molar-refractivity contribution in [3.05, 3.63) is 0 Å². The summed E-state index contributed by atoms with van der Waals surface area (Å²) in [5.41, 5.74) is 0. The highest BCUT2D eigenvalue weighted by molar-refractivity contribution is 4.80. The van der Waals surface area contributed by atoms with Crippen molar-refractivity contribution >= 4 is 0 Å². The second-order valence-electron chi connectivity index (χ2n) is 4.91. The molecule has 1 fully saturated rings. The van der Waals surface area contributed by atoms with Crippen LogP contribution in [0.25, 0.3) is 0 Å². The average molecular weight is 252 g/mol. The van der Waals surface area contributed by atoms with E-state index >= 15 is 0 Å². The molecule has 0 radical (unpaired) electrons. The highest BCUT2D eigenvalue weighted by atomic mass is 19.4. The van der Waals surface area contributed by atoms with E-state index in [0.29, 0.717) is 12.5 Å². The monoisotopic (exact) mass is 252 g/mol. The van der Waals surface area contributed by atoms with Crippen LogP contribution in [0.4, 0.5) is 13.2 Å². The zero-order chi connectivity index (χ0) is 12.9. The molecule has 1 aliphatic heterocycles. The van der Waals surface area contributed by atoms with Gasteiger partial charge in [0.2, 0.25) is 0 Å². The second-order valence-corrected chi connectivity index (χ2v) is 4.91. The molecule has 2 unspecified atom stereocenters. The first-order chi connectivity index (χ1) is 7.97. The van der Waals surface area contributed by atoms with E-state index in [4.69, 9.17) is 0 Å². The van der Waals surface area contributed by atoms with Gasteiger partial charge in [0.05, 0.1) is 5.92 Å². The van der Waals surface area contributed by atoms with Gasteiger partial charge in [-0.25, -0.2) is 0 Å². The summed E-state index contributed by atoms with van der Waals surface area (Å²) >= 11 is 0. The van der Waals surface area contributed by atoms with E-state index in [2.05, 4.69) is 12.2 Å². The Morgan fingerprint density at radius 3 is 2.65 bits per heavy atom. The van der Waals surface area contributed by atoms with Crippen molar-refractivity contribution in [3.8, 4) is 0 Å². The van der Waals surface area contributed by atoms with Crippen molar-refractivity contribution < 1.29 is 13.2 Å². The summed E-state index contributed by atoms with van der Waals surface area (Å²) < 4.78 is 37.9. The third-order valence-corrected chi connectivity index (χ3v) is 3.49. The number of likely N-dealkylation sites (N-methyl/N-ethyl adjacent to an activating group) is 1. The minimum Gasteiger partial charge on any atom is -0.316 e. The fourth-order valence-electron chi connectivity index (χ4n) is 2.48. The molecular weight excluding hydrogens is 229 g/mol. The first-order valence-electron chi connectivity index (χ1n) is 6.43. The average Bonchev–Trinajstić information content (AvgIpc) is 2.28. The number of alkyl halides is 3. The first kappa shape index (κ1) is 14.8. The van der Waals surface area contributed by atoms with Crippen LogP contribution < -0.4 is 5.32 Å². The van der Waals surface area contributed by atoms with E-state index in [0.717, 1.165) is 25.9 Å². The lowest BCUT2D eigenvalue weighted by atomic mass is 9.97. The fourth-order valence-corrected chi connectivity index (χ4v) is 2.48. The van der Waals surface area contributed by atoms with Crippen molar-refractivity contribution in [3.63, 3.8) is 0 Å². The first-order valence-corrected chi connectivity index (χ1v) is 6.43. The maximum Gasteiger partial charge on any atom is 0.393 e. The molecule has 1 heterocycles. The Morgan fingerprint density at radius 2 is 2.12 bits per heavy atom. The Balaban J connectivity index is 2.43. The Labute approximate surface area is 102 Å². The molecule has 1 N–H and O–H groups in total. The summed E-state index contributed by atoms with van der Waals surface area (Å²) in [6.07, 6.45) is -1.00. The van der Waals surface area contributed by atoms with Gasteiger partial charge in [0.1, 0.15) is 0 Å². The number of hydrogen-bond acceptors (Lipinski definition) is 2. The van der Waals surface area contributed by atoms with Crippen LogP contribution in [0, 0.1) is 5.92 Å². The lowest BCUT2D eigenvalue weighted by Gasteiger charge is -2.35. The SMILES string of the molecule is CCCC(CN1CCCC(C(F)(F)F)C1)NC. The maximum atomic E-state index is 12.6. The summed E-state index contributed by atoms with van der Waals surface area (Å²) in [6.45, 7) is 3.80. The molecule has 0 aliphatic carbocycles. The Morgan fingerprint density at radius 1 is 1.41 bits per heavy atom. The summed E-state index contributed by atoms with van der Waals surface area (Å²) in [5.74, 6) is -1.13. The molecule has 0 spiro atoms. The number of rotatable bonds is 5. The lowest BCUT2D eigenvalue weighted by Crippen LogP contribution is -2.47. The van der Waals surface area contributed by atoms with Gasteiger partial charge in [0.15, 0.2) is 0 Å². The molecule has 1 saturated heterocycles. The van der Waals surface area contributed by atoms with E-state index in [9.17, 15) is 13.2 Å². The molecule has 1 aliphatic rings. The van der Waals surface area contributed by atoms with Crippen LogP contribution in [-0.2, 0) is 0 Å². The van der Waals surface area contributed by atoms with E-state index in [1.807, 2.05) is 11.9 Å². The van der Waals surface area contributed by atoms with Crippen molar-refractivity contribution in [2.24, 2.45) is 5.92 Å². The summed E-state index contributed by atoms with van der Waals surface area (Å²) in [6, 6.07) is 0.312.